The molecule has 0 bridgehead atoms. The van der Waals surface area contributed by atoms with Crippen LogP contribution in [0.4, 0.5) is 8.78 Å². The van der Waals surface area contributed by atoms with E-state index in [1.54, 1.807) is 0 Å². The molecule has 21 heavy (non-hydrogen) atoms. The fourth-order valence-electron chi connectivity index (χ4n) is 1.87. The summed E-state index contributed by atoms with van der Waals surface area (Å²) in [5.74, 6) is -2.20. The van der Waals surface area contributed by atoms with Gasteiger partial charge in [-0.05, 0) is 31.9 Å². The maximum absolute atomic E-state index is 12.8. The second-order valence-corrected chi connectivity index (χ2v) is 6.86. The van der Waals surface area contributed by atoms with Crippen LogP contribution >= 0.6 is 11.8 Å². The van der Waals surface area contributed by atoms with Crippen molar-refractivity contribution in [3.8, 4) is 0 Å². The lowest BCUT2D eigenvalue weighted by molar-refractivity contribution is -0.143. The molecule has 0 rings (SSSR count). The number of hydrogen-bond donors (Lipinski definition) is 0. The average molecular weight is 324 g/mol. The van der Waals surface area contributed by atoms with E-state index in [9.17, 15) is 13.6 Å². The smallest absolute Gasteiger partial charge is 0.319 e. The first kappa shape index (κ1) is 20.7. The Hall–Kier alpha value is -0.320. The quantitative estimate of drug-likeness (QED) is 0.333. The van der Waals surface area contributed by atoms with Gasteiger partial charge < -0.3 is 4.74 Å². The molecule has 0 heterocycles. The van der Waals surface area contributed by atoms with Crippen LogP contribution in [0.2, 0.25) is 0 Å². The standard InChI is InChI=1S/C16H30F2O2S/c1-4-6-8-10-14(15(19)20-12-7-5-2)21-13-9-11-16(3,17)18/h14H,4-13H2,1-3H3. The minimum Gasteiger partial charge on any atom is -0.465 e. The minimum absolute atomic E-state index is 0.118. The van der Waals surface area contributed by atoms with Gasteiger partial charge in [-0.1, -0.05) is 39.5 Å². The molecule has 0 saturated heterocycles. The number of thioether (sulfide) groups is 1. The number of alkyl halides is 2. The number of unbranched alkanes of at least 4 members (excludes halogenated alkanes) is 3. The van der Waals surface area contributed by atoms with E-state index in [1.807, 2.05) is 6.92 Å². The monoisotopic (exact) mass is 324 g/mol. The number of carbonyl (C=O) groups excluding carboxylic acids is 1. The van der Waals surface area contributed by atoms with Crippen LogP contribution in [0.5, 0.6) is 0 Å². The normalized spacial score (nSPS) is 13.2. The van der Waals surface area contributed by atoms with Gasteiger partial charge in [0.2, 0.25) is 5.92 Å². The number of esters is 1. The first-order valence-electron chi connectivity index (χ1n) is 8.06. The van der Waals surface area contributed by atoms with Gasteiger partial charge in [0.05, 0.1) is 6.61 Å². The Morgan fingerprint density at radius 1 is 1.14 bits per heavy atom. The van der Waals surface area contributed by atoms with Crippen molar-refractivity contribution in [2.75, 3.05) is 12.4 Å². The summed E-state index contributed by atoms with van der Waals surface area (Å²) in [6, 6.07) is 0. The fourth-order valence-corrected chi connectivity index (χ4v) is 3.00. The predicted octanol–water partition coefficient (Wildman–Crippen LogP) is 5.45. The van der Waals surface area contributed by atoms with Gasteiger partial charge >= 0.3 is 5.97 Å². The van der Waals surface area contributed by atoms with Crippen molar-refractivity contribution in [1.82, 2.24) is 0 Å². The number of halogens is 2. The summed E-state index contributed by atoms with van der Waals surface area (Å²) >= 11 is 1.47. The lowest BCUT2D eigenvalue weighted by atomic mass is 10.1. The van der Waals surface area contributed by atoms with Crippen LogP contribution in [-0.4, -0.2) is 29.5 Å². The van der Waals surface area contributed by atoms with Gasteiger partial charge in [-0.15, -0.1) is 11.8 Å². The van der Waals surface area contributed by atoms with E-state index in [-0.39, 0.29) is 17.6 Å². The third-order valence-corrected chi connectivity index (χ3v) is 4.51. The zero-order valence-corrected chi connectivity index (χ0v) is 14.4. The third kappa shape index (κ3) is 13.1. The maximum Gasteiger partial charge on any atom is 0.319 e. The minimum atomic E-state index is -2.61. The molecule has 0 N–H and O–H groups in total. The van der Waals surface area contributed by atoms with Crippen LogP contribution in [0.3, 0.4) is 0 Å². The summed E-state index contributed by atoms with van der Waals surface area (Å²) in [5, 5.41) is -0.195. The molecular formula is C16H30F2O2S. The van der Waals surface area contributed by atoms with E-state index < -0.39 is 5.92 Å². The number of rotatable bonds is 13. The van der Waals surface area contributed by atoms with E-state index in [4.69, 9.17) is 4.74 Å². The molecule has 0 radical (unpaired) electrons. The Bertz CT molecular complexity index is 267. The van der Waals surface area contributed by atoms with Crippen LogP contribution in [0.1, 0.15) is 72.1 Å². The van der Waals surface area contributed by atoms with Crippen molar-refractivity contribution in [3.05, 3.63) is 0 Å². The first-order valence-corrected chi connectivity index (χ1v) is 9.11. The number of ether oxygens (including phenoxy) is 1. The van der Waals surface area contributed by atoms with Crippen LogP contribution in [-0.2, 0) is 9.53 Å². The predicted molar refractivity (Wildman–Crippen MR) is 86.1 cm³/mol. The Morgan fingerprint density at radius 2 is 1.81 bits per heavy atom. The molecule has 0 aromatic carbocycles. The summed E-state index contributed by atoms with van der Waals surface area (Å²) in [5.41, 5.74) is 0. The molecular weight excluding hydrogens is 294 g/mol. The van der Waals surface area contributed by atoms with Crippen LogP contribution in [0.15, 0.2) is 0 Å². The molecule has 0 aliphatic heterocycles. The maximum atomic E-state index is 12.8. The molecule has 0 spiro atoms. The molecule has 0 aliphatic rings. The van der Waals surface area contributed by atoms with Gasteiger partial charge in [0.15, 0.2) is 0 Å². The summed E-state index contributed by atoms with van der Waals surface area (Å²) in [4.78, 5) is 12.0. The average Bonchev–Trinajstić information content (AvgIpc) is 2.40. The largest absolute Gasteiger partial charge is 0.465 e. The molecule has 0 amide bonds. The van der Waals surface area contributed by atoms with Gasteiger partial charge in [0.25, 0.3) is 0 Å². The number of carbonyl (C=O) groups is 1. The lowest BCUT2D eigenvalue weighted by Gasteiger charge is -2.16. The molecule has 0 saturated carbocycles. The van der Waals surface area contributed by atoms with Gasteiger partial charge in [-0.3, -0.25) is 4.79 Å². The highest BCUT2D eigenvalue weighted by Gasteiger charge is 2.23. The topological polar surface area (TPSA) is 26.3 Å². The van der Waals surface area contributed by atoms with Crippen LogP contribution in [0.25, 0.3) is 0 Å². The van der Waals surface area contributed by atoms with Gasteiger partial charge in [0, 0.05) is 6.42 Å². The van der Waals surface area contributed by atoms with Crippen molar-refractivity contribution >= 4 is 17.7 Å². The van der Waals surface area contributed by atoms with Gasteiger partial charge in [-0.25, -0.2) is 8.78 Å². The molecule has 0 fully saturated rings. The summed E-state index contributed by atoms with van der Waals surface area (Å²) in [6.07, 6.45) is 6.14. The molecule has 1 atom stereocenters. The lowest BCUT2D eigenvalue weighted by Crippen LogP contribution is -2.21. The second kappa shape index (κ2) is 12.2. The van der Waals surface area contributed by atoms with Gasteiger partial charge in [-0.2, -0.15) is 0 Å². The molecule has 5 heteroatoms. The Morgan fingerprint density at radius 3 is 2.38 bits per heavy atom. The van der Waals surface area contributed by atoms with Crippen LogP contribution in [0, 0.1) is 0 Å². The van der Waals surface area contributed by atoms with Crippen molar-refractivity contribution in [3.63, 3.8) is 0 Å². The highest BCUT2D eigenvalue weighted by molar-refractivity contribution is 8.00. The summed E-state index contributed by atoms with van der Waals surface area (Å²) in [7, 11) is 0. The van der Waals surface area contributed by atoms with Crippen molar-refractivity contribution in [1.29, 1.82) is 0 Å². The van der Waals surface area contributed by atoms with Crippen molar-refractivity contribution < 1.29 is 18.3 Å². The molecule has 2 nitrogen and oxygen atoms in total. The zero-order chi connectivity index (χ0) is 16.1. The summed E-state index contributed by atoms with van der Waals surface area (Å²) < 4.78 is 30.8. The van der Waals surface area contributed by atoms with Crippen molar-refractivity contribution in [2.45, 2.75) is 83.3 Å². The fraction of sp³-hybridized carbons (Fsp3) is 0.938. The molecule has 126 valence electrons. The Labute approximate surface area is 132 Å². The van der Waals surface area contributed by atoms with E-state index in [0.717, 1.165) is 45.4 Å². The van der Waals surface area contributed by atoms with E-state index in [1.165, 1.54) is 11.8 Å². The highest BCUT2D eigenvalue weighted by Crippen LogP contribution is 2.24. The van der Waals surface area contributed by atoms with Crippen LogP contribution < -0.4 is 0 Å². The van der Waals surface area contributed by atoms with E-state index in [0.29, 0.717) is 18.8 Å². The number of hydrogen-bond acceptors (Lipinski definition) is 3. The second-order valence-electron chi connectivity index (χ2n) is 5.55. The Balaban J connectivity index is 4.09. The van der Waals surface area contributed by atoms with E-state index in [2.05, 4.69) is 6.92 Å². The van der Waals surface area contributed by atoms with Gasteiger partial charge in [0.1, 0.15) is 5.25 Å². The summed E-state index contributed by atoms with van der Waals surface area (Å²) in [6.45, 7) is 5.57. The molecule has 0 aromatic heterocycles. The van der Waals surface area contributed by atoms with Crippen molar-refractivity contribution in [2.24, 2.45) is 0 Å². The first-order chi connectivity index (χ1) is 9.90. The Kier molecular flexibility index (Phi) is 12.1. The molecule has 0 aliphatic carbocycles. The highest BCUT2D eigenvalue weighted by atomic mass is 32.2. The third-order valence-electron chi connectivity index (χ3n) is 3.15. The zero-order valence-electron chi connectivity index (χ0n) is 13.6. The SMILES string of the molecule is CCCCCC(SCCCC(C)(F)F)C(=O)OCCCC. The molecule has 1 unspecified atom stereocenters. The molecule has 0 aromatic rings. The van der Waals surface area contributed by atoms with E-state index >= 15 is 0 Å².